The van der Waals surface area contributed by atoms with Crippen LogP contribution in [0.4, 0.5) is 0 Å². The van der Waals surface area contributed by atoms with Crippen molar-refractivity contribution in [3.8, 4) is 23.1 Å². The van der Waals surface area contributed by atoms with Gasteiger partial charge < -0.3 is 5.11 Å². The van der Waals surface area contributed by atoms with Gasteiger partial charge in [0.05, 0.1) is 17.2 Å². The summed E-state index contributed by atoms with van der Waals surface area (Å²) in [6, 6.07) is 15.0. The molecule has 0 saturated heterocycles. The van der Waals surface area contributed by atoms with Gasteiger partial charge in [0.15, 0.2) is 5.69 Å². The number of carbonyl (C=O) groups excluding carboxylic acids is 1. The van der Waals surface area contributed by atoms with Crippen molar-refractivity contribution < 1.29 is 9.90 Å². The van der Waals surface area contributed by atoms with Crippen molar-refractivity contribution in [1.82, 2.24) is 15.4 Å². The van der Waals surface area contributed by atoms with E-state index in [4.69, 9.17) is 5.26 Å². The molecule has 106 valence electrons. The third-order valence-corrected chi connectivity index (χ3v) is 3.18. The fourth-order valence-corrected chi connectivity index (χ4v) is 2.12. The first-order valence-corrected chi connectivity index (χ1v) is 6.44. The molecule has 6 heteroatoms. The number of nitriles is 1. The van der Waals surface area contributed by atoms with Gasteiger partial charge in [-0.3, -0.25) is 4.79 Å². The molecule has 0 aliphatic heterocycles. The summed E-state index contributed by atoms with van der Waals surface area (Å²) in [4.78, 5) is 12.5. The third kappa shape index (κ3) is 2.31. The van der Waals surface area contributed by atoms with Crippen LogP contribution < -0.4 is 0 Å². The lowest BCUT2D eigenvalue weighted by Gasteiger charge is -2.03. The summed E-state index contributed by atoms with van der Waals surface area (Å²) < 4.78 is 0. The number of benzene rings is 2. The van der Waals surface area contributed by atoms with E-state index >= 15 is 0 Å². The molecular weight excluding hydrogens is 280 g/mol. The van der Waals surface area contributed by atoms with Crippen LogP contribution >= 0.6 is 0 Å². The predicted molar refractivity (Wildman–Crippen MR) is 78.1 cm³/mol. The fourth-order valence-electron chi connectivity index (χ4n) is 2.12. The van der Waals surface area contributed by atoms with E-state index in [-0.39, 0.29) is 17.0 Å². The zero-order valence-electron chi connectivity index (χ0n) is 11.3. The molecule has 0 amide bonds. The zero-order valence-corrected chi connectivity index (χ0v) is 11.3. The standard InChI is InChI=1S/C16H10N4O2/c17-9-10-4-3-5-11(8-10)14-15(19-20-18-14)16(22)12-6-1-2-7-13(12)21/h1-8,21H,(H,18,19,20). The summed E-state index contributed by atoms with van der Waals surface area (Å²) >= 11 is 0. The number of nitrogens with zero attached hydrogens (tertiary/aromatic N) is 3. The maximum Gasteiger partial charge on any atom is 0.219 e. The van der Waals surface area contributed by atoms with Crippen LogP contribution in [0.5, 0.6) is 5.75 Å². The smallest absolute Gasteiger partial charge is 0.219 e. The highest BCUT2D eigenvalue weighted by molar-refractivity contribution is 6.12. The van der Waals surface area contributed by atoms with Gasteiger partial charge in [-0.15, -0.1) is 0 Å². The van der Waals surface area contributed by atoms with Crippen molar-refractivity contribution in [3.63, 3.8) is 0 Å². The number of ketones is 1. The predicted octanol–water partition coefficient (Wildman–Crippen LogP) is 2.28. The number of para-hydroxylation sites is 1. The van der Waals surface area contributed by atoms with Gasteiger partial charge in [0, 0.05) is 5.56 Å². The Bertz CT molecular complexity index is 893. The van der Waals surface area contributed by atoms with Crippen LogP contribution in [0.25, 0.3) is 11.3 Å². The molecule has 0 saturated carbocycles. The third-order valence-electron chi connectivity index (χ3n) is 3.18. The molecule has 0 radical (unpaired) electrons. The average molecular weight is 290 g/mol. The molecule has 0 aliphatic carbocycles. The lowest BCUT2D eigenvalue weighted by atomic mass is 10.0. The quantitative estimate of drug-likeness (QED) is 0.720. The van der Waals surface area contributed by atoms with E-state index in [1.54, 1.807) is 36.4 Å². The summed E-state index contributed by atoms with van der Waals surface area (Å²) in [5.41, 5.74) is 1.64. The Morgan fingerprint density at radius 3 is 2.73 bits per heavy atom. The Labute approximate surface area is 125 Å². The molecule has 0 bridgehead atoms. The molecular formula is C16H10N4O2. The van der Waals surface area contributed by atoms with Crippen LogP contribution in [0.15, 0.2) is 48.5 Å². The summed E-state index contributed by atoms with van der Waals surface area (Å²) in [7, 11) is 0. The number of hydrogen-bond acceptors (Lipinski definition) is 5. The Morgan fingerprint density at radius 2 is 1.95 bits per heavy atom. The second-order valence-corrected chi connectivity index (χ2v) is 4.56. The maximum absolute atomic E-state index is 12.5. The van der Waals surface area contributed by atoms with E-state index in [9.17, 15) is 9.90 Å². The zero-order chi connectivity index (χ0) is 15.5. The topological polar surface area (TPSA) is 103 Å². The summed E-state index contributed by atoms with van der Waals surface area (Å²) in [5, 5.41) is 29.1. The summed E-state index contributed by atoms with van der Waals surface area (Å²) in [6.45, 7) is 0. The Kier molecular flexibility index (Phi) is 3.38. The van der Waals surface area contributed by atoms with E-state index in [1.165, 1.54) is 12.1 Å². The molecule has 3 rings (SSSR count). The van der Waals surface area contributed by atoms with Crippen LogP contribution in [0.2, 0.25) is 0 Å². The normalized spacial score (nSPS) is 10.1. The van der Waals surface area contributed by atoms with Crippen LogP contribution in [-0.4, -0.2) is 26.3 Å². The first-order valence-electron chi connectivity index (χ1n) is 6.44. The average Bonchev–Trinajstić information content (AvgIpc) is 3.04. The maximum atomic E-state index is 12.5. The van der Waals surface area contributed by atoms with Gasteiger partial charge in [-0.1, -0.05) is 24.3 Å². The molecule has 22 heavy (non-hydrogen) atoms. The lowest BCUT2D eigenvalue weighted by molar-refractivity contribution is 0.103. The van der Waals surface area contributed by atoms with E-state index < -0.39 is 5.78 Å². The highest BCUT2D eigenvalue weighted by Crippen LogP contribution is 2.25. The van der Waals surface area contributed by atoms with Crippen LogP contribution in [0.1, 0.15) is 21.6 Å². The Morgan fingerprint density at radius 1 is 1.14 bits per heavy atom. The molecule has 2 N–H and O–H groups in total. The van der Waals surface area contributed by atoms with Crippen molar-refractivity contribution in [3.05, 3.63) is 65.4 Å². The van der Waals surface area contributed by atoms with E-state index in [1.807, 2.05) is 6.07 Å². The van der Waals surface area contributed by atoms with Crippen molar-refractivity contribution in [2.24, 2.45) is 0 Å². The number of hydrogen-bond donors (Lipinski definition) is 2. The van der Waals surface area contributed by atoms with Gasteiger partial charge in [0.1, 0.15) is 11.4 Å². The minimum absolute atomic E-state index is 0.0941. The Hall–Kier alpha value is -3.46. The number of carbonyl (C=O) groups is 1. The lowest BCUT2D eigenvalue weighted by Crippen LogP contribution is -2.04. The first-order chi connectivity index (χ1) is 10.7. The molecule has 0 spiro atoms. The largest absolute Gasteiger partial charge is 0.507 e. The molecule has 0 fully saturated rings. The molecule has 0 aliphatic rings. The number of H-pyrrole nitrogens is 1. The summed E-state index contributed by atoms with van der Waals surface area (Å²) in [5.74, 6) is -0.559. The van der Waals surface area contributed by atoms with E-state index in [0.29, 0.717) is 16.8 Å². The Balaban J connectivity index is 2.08. The van der Waals surface area contributed by atoms with Gasteiger partial charge in [-0.05, 0) is 24.3 Å². The van der Waals surface area contributed by atoms with Gasteiger partial charge in [-0.2, -0.15) is 20.7 Å². The van der Waals surface area contributed by atoms with Crippen molar-refractivity contribution >= 4 is 5.78 Å². The van der Waals surface area contributed by atoms with Gasteiger partial charge in [0.2, 0.25) is 5.78 Å². The SMILES string of the molecule is N#Cc1cccc(-c2n[nH]nc2C(=O)c2ccccc2O)c1. The van der Waals surface area contributed by atoms with Crippen molar-refractivity contribution in [2.45, 2.75) is 0 Å². The molecule has 0 atom stereocenters. The van der Waals surface area contributed by atoms with Crippen molar-refractivity contribution in [2.75, 3.05) is 0 Å². The number of phenols is 1. The fraction of sp³-hybridized carbons (Fsp3) is 0. The van der Waals surface area contributed by atoms with E-state index in [0.717, 1.165) is 0 Å². The highest BCUT2D eigenvalue weighted by Gasteiger charge is 2.21. The minimum atomic E-state index is -0.441. The highest BCUT2D eigenvalue weighted by atomic mass is 16.3. The van der Waals surface area contributed by atoms with E-state index in [2.05, 4.69) is 15.4 Å². The second kappa shape index (κ2) is 5.50. The molecule has 2 aromatic carbocycles. The van der Waals surface area contributed by atoms with Crippen LogP contribution in [0.3, 0.4) is 0 Å². The number of aromatic amines is 1. The number of aromatic hydroxyl groups is 1. The van der Waals surface area contributed by atoms with Gasteiger partial charge >= 0.3 is 0 Å². The molecule has 0 unspecified atom stereocenters. The molecule has 1 heterocycles. The number of nitrogens with one attached hydrogen (secondary N) is 1. The molecule has 6 nitrogen and oxygen atoms in total. The number of rotatable bonds is 3. The van der Waals surface area contributed by atoms with Gasteiger partial charge in [0.25, 0.3) is 0 Å². The summed E-state index contributed by atoms with van der Waals surface area (Å²) in [6.07, 6.45) is 0. The molecule has 3 aromatic rings. The second-order valence-electron chi connectivity index (χ2n) is 4.56. The molecule has 1 aromatic heterocycles. The monoisotopic (exact) mass is 290 g/mol. The van der Waals surface area contributed by atoms with Crippen LogP contribution in [-0.2, 0) is 0 Å². The van der Waals surface area contributed by atoms with Crippen molar-refractivity contribution in [1.29, 1.82) is 5.26 Å². The number of aromatic nitrogens is 3. The first kappa shape index (κ1) is 13.5. The van der Waals surface area contributed by atoms with Crippen LogP contribution in [0, 0.1) is 11.3 Å². The number of phenolic OH excluding ortho intramolecular Hbond substituents is 1. The van der Waals surface area contributed by atoms with Gasteiger partial charge in [-0.25, -0.2) is 0 Å². The minimum Gasteiger partial charge on any atom is -0.507 e.